The molecule has 0 saturated carbocycles. The van der Waals surface area contributed by atoms with E-state index in [0.29, 0.717) is 11.6 Å². The lowest BCUT2D eigenvalue weighted by molar-refractivity contribution is -0.122. The number of carbonyl (C=O) groups excluding carboxylic acids is 1. The van der Waals surface area contributed by atoms with Gasteiger partial charge in [-0.15, -0.1) is 11.6 Å². The number of ether oxygens (including phenoxy) is 1. The normalized spacial score (nSPS) is 9.57. The summed E-state index contributed by atoms with van der Waals surface area (Å²) < 4.78 is 5.20. The molecule has 1 aromatic rings. The summed E-state index contributed by atoms with van der Waals surface area (Å²) in [5.41, 5.74) is 1.03. The zero-order valence-electron chi connectivity index (χ0n) is 7.92. The van der Waals surface area contributed by atoms with Gasteiger partial charge in [0.2, 0.25) is 0 Å². The molecular weight excluding hydrogens is 202 g/mol. The highest BCUT2D eigenvalue weighted by Crippen LogP contribution is 2.13. The molecule has 4 heteroatoms. The molecule has 0 atom stereocenters. The Morgan fingerprint density at radius 2 is 2.07 bits per heavy atom. The van der Waals surface area contributed by atoms with Crippen molar-refractivity contribution < 1.29 is 9.53 Å². The van der Waals surface area contributed by atoms with E-state index in [0.717, 1.165) is 5.56 Å². The minimum Gasteiger partial charge on any atom is -0.484 e. The van der Waals surface area contributed by atoms with E-state index in [2.05, 4.69) is 5.32 Å². The van der Waals surface area contributed by atoms with Gasteiger partial charge in [-0.1, -0.05) is 12.1 Å². The Balaban J connectivity index is 2.47. The predicted octanol–water partition coefficient (Wildman–Crippen LogP) is 1.55. The van der Waals surface area contributed by atoms with Crippen molar-refractivity contribution in [3.8, 4) is 5.75 Å². The van der Waals surface area contributed by atoms with Crippen LogP contribution < -0.4 is 10.1 Å². The summed E-state index contributed by atoms with van der Waals surface area (Å²) in [5.74, 6) is 1.00. The van der Waals surface area contributed by atoms with Crippen molar-refractivity contribution in [2.24, 2.45) is 0 Å². The van der Waals surface area contributed by atoms with Gasteiger partial charge in [0, 0.05) is 12.9 Å². The monoisotopic (exact) mass is 213 g/mol. The average Bonchev–Trinajstić information content (AvgIpc) is 2.26. The highest BCUT2D eigenvalue weighted by atomic mass is 35.5. The summed E-state index contributed by atoms with van der Waals surface area (Å²) in [6.45, 7) is 0.0384. The molecule has 0 aromatic heterocycles. The van der Waals surface area contributed by atoms with Crippen LogP contribution in [0.15, 0.2) is 24.3 Å². The number of hydrogen-bond acceptors (Lipinski definition) is 2. The Labute approximate surface area is 88.0 Å². The molecule has 0 saturated heterocycles. The van der Waals surface area contributed by atoms with Crippen molar-refractivity contribution in [2.45, 2.75) is 5.88 Å². The highest BCUT2D eigenvalue weighted by Gasteiger charge is 1.99. The maximum atomic E-state index is 10.9. The molecule has 0 bridgehead atoms. The van der Waals surface area contributed by atoms with Gasteiger partial charge < -0.3 is 10.1 Å². The first-order valence-electron chi connectivity index (χ1n) is 4.24. The summed E-state index contributed by atoms with van der Waals surface area (Å²) in [6, 6.07) is 7.32. The van der Waals surface area contributed by atoms with Gasteiger partial charge in [-0.2, -0.15) is 0 Å². The summed E-state index contributed by atoms with van der Waals surface area (Å²) in [7, 11) is 1.57. The van der Waals surface area contributed by atoms with Crippen molar-refractivity contribution in [3.63, 3.8) is 0 Å². The fraction of sp³-hybridized carbons (Fsp3) is 0.300. The SMILES string of the molecule is CNC(=O)COc1ccc(CCl)cc1. The zero-order valence-corrected chi connectivity index (χ0v) is 8.67. The maximum absolute atomic E-state index is 10.9. The number of amides is 1. The van der Waals surface area contributed by atoms with Crippen LogP contribution in [-0.4, -0.2) is 19.6 Å². The third kappa shape index (κ3) is 3.26. The zero-order chi connectivity index (χ0) is 10.4. The second-order valence-electron chi connectivity index (χ2n) is 2.74. The fourth-order valence-corrected chi connectivity index (χ4v) is 1.07. The van der Waals surface area contributed by atoms with E-state index >= 15 is 0 Å². The summed E-state index contributed by atoms with van der Waals surface area (Å²) >= 11 is 5.62. The van der Waals surface area contributed by atoms with Crippen LogP contribution in [0.1, 0.15) is 5.56 Å². The molecule has 14 heavy (non-hydrogen) atoms. The summed E-state index contributed by atoms with van der Waals surface area (Å²) in [6.07, 6.45) is 0. The molecule has 1 aromatic carbocycles. The quantitative estimate of drug-likeness (QED) is 0.771. The van der Waals surface area contributed by atoms with Gasteiger partial charge in [0.1, 0.15) is 5.75 Å². The Hall–Kier alpha value is -1.22. The fourth-order valence-electron chi connectivity index (χ4n) is 0.896. The molecule has 0 unspecified atom stereocenters. The summed E-state index contributed by atoms with van der Waals surface area (Å²) in [5, 5.41) is 2.47. The van der Waals surface area contributed by atoms with Gasteiger partial charge in [-0.3, -0.25) is 4.79 Å². The molecule has 0 heterocycles. The van der Waals surface area contributed by atoms with Crippen LogP contribution >= 0.6 is 11.6 Å². The van der Waals surface area contributed by atoms with Crippen LogP contribution in [0.4, 0.5) is 0 Å². The number of likely N-dealkylation sites (N-methyl/N-ethyl adjacent to an activating group) is 1. The first-order chi connectivity index (χ1) is 6.76. The number of hydrogen-bond donors (Lipinski definition) is 1. The largest absolute Gasteiger partial charge is 0.484 e. The number of alkyl halides is 1. The van der Waals surface area contributed by atoms with Crippen LogP contribution in [0.5, 0.6) is 5.75 Å². The first kappa shape index (κ1) is 10.9. The van der Waals surface area contributed by atoms with Gasteiger partial charge in [0.05, 0.1) is 0 Å². The first-order valence-corrected chi connectivity index (χ1v) is 4.78. The topological polar surface area (TPSA) is 38.3 Å². The second-order valence-corrected chi connectivity index (χ2v) is 3.01. The summed E-state index contributed by atoms with van der Waals surface area (Å²) in [4.78, 5) is 10.9. The van der Waals surface area contributed by atoms with Crippen LogP contribution in [0.25, 0.3) is 0 Å². The van der Waals surface area contributed by atoms with Gasteiger partial charge in [-0.25, -0.2) is 0 Å². The van der Waals surface area contributed by atoms with Crippen LogP contribution in [-0.2, 0) is 10.7 Å². The van der Waals surface area contributed by atoms with Gasteiger partial charge in [0.25, 0.3) is 5.91 Å². The highest BCUT2D eigenvalue weighted by molar-refractivity contribution is 6.17. The second kappa shape index (κ2) is 5.50. The number of carbonyl (C=O) groups is 1. The number of rotatable bonds is 4. The standard InChI is InChI=1S/C10H12ClNO2/c1-12-10(13)7-14-9-4-2-8(6-11)3-5-9/h2-5H,6-7H2,1H3,(H,12,13). The van der Waals surface area contributed by atoms with Crippen LogP contribution in [0, 0.1) is 0 Å². The number of benzene rings is 1. The number of nitrogens with one attached hydrogen (secondary N) is 1. The third-order valence-electron chi connectivity index (χ3n) is 1.73. The van der Waals surface area contributed by atoms with E-state index in [1.807, 2.05) is 12.1 Å². The number of halogens is 1. The Morgan fingerprint density at radius 3 is 2.57 bits per heavy atom. The van der Waals surface area contributed by atoms with Crippen LogP contribution in [0.3, 0.4) is 0 Å². The lowest BCUT2D eigenvalue weighted by atomic mass is 10.2. The van der Waals surface area contributed by atoms with Crippen molar-refractivity contribution in [2.75, 3.05) is 13.7 Å². The van der Waals surface area contributed by atoms with Crippen molar-refractivity contribution >= 4 is 17.5 Å². The molecular formula is C10H12ClNO2. The molecule has 0 aliphatic rings. The van der Waals surface area contributed by atoms with Crippen LogP contribution in [0.2, 0.25) is 0 Å². The Bertz CT molecular complexity index is 297. The molecule has 0 aliphatic carbocycles. The van der Waals surface area contributed by atoms with Crippen molar-refractivity contribution in [3.05, 3.63) is 29.8 Å². The van der Waals surface area contributed by atoms with E-state index in [4.69, 9.17) is 16.3 Å². The van der Waals surface area contributed by atoms with E-state index in [9.17, 15) is 4.79 Å². The van der Waals surface area contributed by atoms with E-state index in [-0.39, 0.29) is 12.5 Å². The lowest BCUT2D eigenvalue weighted by Gasteiger charge is -2.05. The molecule has 0 radical (unpaired) electrons. The molecule has 0 fully saturated rings. The van der Waals surface area contributed by atoms with Gasteiger partial charge >= 0.3 is 0 Å². The molecule has 3 nitrogen and oxygen atoms in total. The van der Waals surface area contributed by atoms with Gasteiger partial charge in [0.15, 0.2) is 6.61 Å². The Morgan fingerprint density at radius 1 is 1.43 bits per heavy atom. The molecule has 76 valence electrons. The van der Waals surface area contributed by atoms with E-state index in [1.54, 1.807) is 19.2 Å². The van der Waals surface area contributed by atoms with Crippen molar-refractivity contribution in [1.29, 1.82) is 0 Å². The molecule has 1 rings (SSSR count). The average molecular weight is 214 g/mol. The molecule has 1 amide bonds. The molecule has 0 spiro atoms. The molecule has 1 N–H and O–H groups in total. The Kier molecular flexibility index (Phi) is 4.26. The smallest absolute Gasteiger partial charge is 0.257 e. The van der Waals surface area contributed by atoms with Gasteiger partial charge in [-0.05, 0) is 17.7 Å². The third-order valence-corrected chi connectivity index (χ3v) is 2.04. The predicted molar refractivity (Wildman–Crippen MR) is 55.6 cm³/mol. The molecule has 0 aliphatic heterocycles. The minimum atomic E-state index is -0.147. The lowest BCUT2D eigenvalue weighted by Crippen LogP contribution is -2.24. The minimum absolute atomic E-state index is 0.0384. The maximum Gasteiger partial charge on any atom is 0.257 e. The van der Waals surface area contributed by atoms with E-state index in [1.165, 1.54) is 0 Å². The van der Waals surface area contributed by atoms with Crippen molar-refractivity contribution in [1.82, 2.24) is 5.32 Å². The van der Waals surface area contributed by atoms with E-state index < -0.39 is 0 Å².